The normalized spacial score (nSPS) is 20.9. The molecule has 2 rings (SSSR count). The third-order valence-electron chi connectivity index (χ3n) is 3.03. The molecule has 0 aliphatic carbocycles. The Labute approximate surface area is 98.2 Å². The highest BCUT2D eigenvalue weighted by atomic mass is 79.9. The van der Waals surface area contributed by atoms with E-state index in [2.05, 4.69) is 21.2 Å². The van der Waals surface area contributed by atoms with E-state index in [1.54, 1.807) is 13.0 Å². The Balaban J connectivity index is 2.14. The van der Waals surface area contributed by atoms with Gasteiger partial charge in [-0.2, -0.15) is 0 Å². The third-order valence-corrected chi connectivity index (χ3v) is 3.85. The van der Waals surface area contributed by atoms with Crippen LogP contribution in [0, 0.1) is 18.7 Å². The largest absolute Gasteiger partial charge is 0.316 e. The van der Waals surface area contributed by atoms with Gasteiger partial charge in [-0.3, -0.25) is 0 Å². The van der Waals surface area contributed by atoms with E-state index >= 15 is 0 Å². The van der Waals surface area contributed by atoms with Crippen LogP contribution < -0.4 is 5.32 Å². The first kappa shape index (κ1) is 11.1. The molecule has 1 aliphatic rings. The van der Waals surface area contributed by atoms with E-state index in [0.29, 0.717) is 11.5 Å². The average Bonchev–Trinajstić information content (AvgIpc) is 2.66. The summed E-state index contributed by atoms with van der Waals surface area (Å²) in [5.41, 5.74) is 1.79. The van der Waals surface area contributed by atoms with E-state index < -0.39 is 0 Å². The first-order chi connectivity index (χ1) is 7.16. The zero-order valence-corrected chi connectivity index (χ0v) is 10.4. The van der Waals surface area contributed by atoms with E-state index in [0.717, 1.165) is 29.5 Å². The fraction of sp³-hybridized carbons (Fsp3) is 0.500. The molecule has 1 heterocycles. The van der Waals surface area contributed by atoms with Crippen molar-refractivity contribution in [3.63, 3.8) is 0 Å². The molecule has 15 heavy (non-hydrogen) atoms. The molecular formula is C12H15BrFN. The Bertz CT molecular complexity index is 336. The van der Waals surface area contributed by atoms with Gasteiger partial charge in [0.2, 0.25) is 0 Å². The Hall–Kier alpha value is -0.410. The van der Waals surface area contributed by atoms with Crippen molar-refractivity contribution in [3.05, 3.63) is 33.5 Å². The summed E-state index contributed by atoms with van der Waals surface area (Å²) in [4.78, 5) is 0. The maximum Gasteiger partial charge on any atom is 0.127 e. The Kier molecular flexibility index (Phi) is 3.42. The lowest BCUT2D eigenvalue weighted by Gasteiger charge is -2.10. The lowest BCUT2D eigenvalue weighted by atomic mass is 9.98. The number of hydrogen-bond acceptors (Lipinski definition) is 1. The van der Waals surface area contributed by atoms with Crippen LogP contribution in [-0.2, 0) is 6.42 Å². The van der Waals surface area contributed by atoms with Crippen molar-refractivity contribution in [1.82, 2.24) is 5.32 Å². The minimum absolute atomic E-state index is 0.106. The van der Waals surface area contributed by atoms with Crippen LogP contribution in [0.2, 0.25) is 0 Å². The molecule has 0 saturated carbocycles. The Morgan fingerprint density at radius 3 is 2.93 bits per heavy atom. The molecule has 1 saturated heterocycles. The van der Waals surface area contributed by atoms with Gasteiger partial charge in [-0.1, -0.05) is 15.9 Å². The lowest BCUT2D eigenvalue weighted by molar-refractivity contribution is 0.571. The Morgan fingerprint density at radius 2 is 2.33 bits per heavy atom. The number of halogens is 2. The zero-order chi connectivity index (χ0) is 10.8. The van der Waals surface area contributed by atoms with Gasteiger partial charge in [-0.05, 0) is 62.0 Å². The molecule has 1 fully saturated rings. The molecule has 3 heteroatoms. The molecule has 0 amide bonds. The van der Waals surface area contributed by atoms with E-state index in [1.807, 2.05) is 6.07 Å². The van der Waals surface area contributed by atoms with Crippen molar-refractivity contribution in [2.45, 2.75) is 19.8 Å². The lowest BCUT2D eigenvalue weighted by Crippen LogP contribution is -2.11. The molecule has 1 N–H and O–H groups in total. The Morgan fingerprint density at radius 1 is 1.53 bits per heavy atom. The van der Waals surface area contributed by atoms with Crippen molar-refractivity contribution in [1.29, 1.82) is 0 Å². The predicted octanol–water partition coefficient (Wildman–Crippen LogP) is 3.05. The van der Waals surface area contributed by atoms with E-state index in [1.165, 1.54) is 6.42 Å². The van der Waals surface area contributed by atoms with Crippen LogP contribution in [0.25, 0.3) is 0 Å². The monoisotopic (exact) mass is 271 g/mol. The van der Waals surface area contributed by atoms with Gasteiger partial charge in [-0.15, -0.1) is 0 Å². The quantitative estimate of drug-likeness (QED) is 0.872. The van der Waals surface area contributed by atoms with Crippen LogP contribution in [-0.4, -0.2) is 13.1 Å². The standard InChI is InChI=1S/C12H15BrFN/c1-8-11(13)5-10(6-12(8)14)4-9-2-3-15-7-9/h5-6,9,15H,2-4,7H2,1H3. The SMILES string of the molecule is Cc1c(F)cc(CC2CCNC2)cc1Br. The van der Waals surface area contributed by atoms with Gasteiger partial charge in [-0.25, -0.2) is 4.39 Å². The molecule has 0 bridgehead atoms. The second-order valence-electron chi connectivity index (χ2n) is 4.25. The molecular weight excluding hydrogens is 257 g/mol. The second kappa shape index (κ2) is 4.62. The summed E-state index contributed by atoms with van der Waals surface area (Å²) >= 11 is 3.39. The van der Waals surface area contributed by atoms with Crippen molar-refractivity contribution < 1.29 is 4.39 Å². The van der Waals surface area contributed by atoms with Crippen LogP contribution >= 0.6 is 15.9 Å². The van der Waals surface area contributed by atoms with Crippen LogP contribution in [0.15, 0.2) is 16.6 Å². The highest BCUT2D eigenvalue weighted by molar-refractivity contribution is 9.10. The van der Waals surface area contributed by atoms with Gasteiger partial charge in [0.25, 0.3) is 0 Å². The van der Waals surface area contributed by atoms with Crippen molar-refractivity contribution in [2.75, 3.05) is 13.1 Å². The fourth-order valence-corrected chi connectivity index (χ4v) is 2.52. The molecule has 0 radical (unpaired) electrons. The first-order valence-electron chi connectivity index (χ1n) is 5.32. The van der Waals surface area contributed by atoms with Gasteiger partial charge in [0.1, 0.15) is 5.82 Å². The summed E-state index contributed by atoms with van der Waals surface area (Å²) in [6.45, 7) is 3.95. The highest BCUT2D eigenvalue weighted by Gasteiger charge is 2.16. The molecule has 1 aromatic rings. The summed E-state index contributed by atoms with van der Waals surface area (Å²) in [7, 11) is 0. The number of hydrogen-bond donors (Lipinski definition) is 1. The van der Waals surface area contributed by atoms with E-state index in [-0.39, 0.29) is 5.82 Å². The van der Waals surface area contributed by atoms with Gasteiger partial charge < -0.3 is 5.32 Å². The highest BCUT2D eigenvalue weighted by Crippen LogP contribution is 2.24. The number of nitrogens with one attached hydrogen (secondary N) is 1. The average molecular weight is 272 g/mol. The van der Waals surface area contributed by atoms with Crippen LogP contribution in [0.3, 0.4) is 0 Å². The van der Waals surface area contributed by atoms with Crippen LogP contribution in [0.5, 0.6) is 0 Å². The fourth-order valence-electron chi connectivity index (χ4n) is 2.04. The third kappa shape index (κ3) is 2.58. The maximum absolute atomic E-state index is 13.5. The maximum atomic E-state index is 13.5. The van der Waals surface area contributed by atoms with Crippen LogP contribution in [0.1, 0.15) is 17.5 Å². The van der Waals surface area contributed by atoms with Gasteiger partial charge in [0.05, 0.1) is 0 Å². The van der Waals surface area contributed by atoms with Gasteiger partial charge in [0.15, 0.2) is 0 Å². The molecule has 0 aromatic heterocycles. The molecule has 82 valence electrons. The predicted molar refractivity (Wildman–Crippen MR) is 63.5 cm³/mol. The molecule has 1 unspecified atom stereocenters. The van der Waals surface area contributed by atoms with E-state index in [9.17, 15) is 4.39 Å². The smallest absolute Gasteiger partial charge is 0.127 e. The minimum atomic E-state index is -0.106. The van der Waals surface area contributed by atoms with E-state index in [4.69, 9.17) is 0 Å². The number of rotatable bonds is 2. The van der Waals surface area contributed by atoms with Gasteiger partial charge >= 0.3 is 0 Å². The van der Waals surface area contributed by atoms with Crippen molar-refractivity contribution in [3.8, 4) is 0 Å². The molecule has 1 atom stereocenters. The zero-order valence-electron chi connectivity index (χ0n) is 8.82. The minimum Gasteiger partial charge on any atom is -0.316 e. The summed E-state index contributed by atoms with van der Waals surface area (Å²) in [6, 6.07) is 3.70. The van der Waals surface area contributed by atoms with Gasteiger partial charge in [0, 0.05) is 4.47 Å². The van der Waals surface area contributed by atoms with Crippen molar-refractivity contribution >= 4 is 15.9 Å². The summed E-state index contributed by atoms with van der Waals surface area (Å²) in [5.74, 6) is 0.560. The van der Waals surface area contributed by atoms with Crippen molar-refractivity contribution in [2.24, 2.45) is 5.92 Å². The first-order valence-corrected chi connectivity index (χ1v) is 6.11. The molecule has 1 aliphatic heterocycles. The van der Waals surface area contributed by atoms with Crippen LogP contribution in [0.4, 0.5) is 4.39 Å². The second-order valence-corrected chi connectivity index (χ2v) is 5.10. The molecule has 1 nitrogen and oxygen atoms in total. The summed E-state index contributed by atoms with van der Waals surface area (Å²) in [5, 5.41) is 3.33. The topological polar surface area (TPSA) is 12.0 Å². The number of benzene rings is 1. The summed E-state index contributed by atoms with van der Waals surface area (Å²) in [6.07, 6.45) is 2.18. The molecule has 0 spiro atoms. The molecule has 1 aromatic carbocycles. The summed E-state index contributed by atoms with van der Waals surface area (Å²) < 4.78 is 14.3.